The van der Waals surface area contributed by atoms with E-state index in [0.29, 0.717) is 25.0 Å². The van der Waals surface area contributed by atoms with Gasteiger partial charge in [-0.15, -0.1) is 0 Å². The van der Waals surface area contributed by atoms with E-state index >= 15 is 0 Å². The third-order valence-electron chi connectivity index (χ3n) is 7.95. The highest BCUT2D eigenvalue weighted by Crippen LogP contribution is 2.47. The van der Waals surface area contributed by atoms with Gasteiger partial charge in [0.15, 0.2) is 0 Å². The lowest BCUT2D eigenvalue weighted by molar-refractivity contribution is -0.125. The summed E-state index contributed by atoms with van der Waals surface area (Å²) in [6, 6.07) is 8.34. The highest BCUT2D eigenvalue weighted by molar-refractivity contribution is 6.01. The predicted molar refractivity (Wildman–Crippen MR) is 156 cm³/mol. The molecule has 2 aliphatic carbocycles. The molecule has 40 heavy (non-hydrogen) atoms. The van der Waals surface area contributed by atoms with Crippen molar-refractivity contribution in [1.29, 1.82) is 0 Å². The molecule has 5 rings (SSSR count). The molecular weight excluding hydrogens is 504 g/mol. The van der Waals surface area contributed by atoms with E-state index in [9.17, 15) is 9.59 Å². The lowest BCUT2D eigenvalue weighted by atomic mass is 9.84. The van der Waals surface area contributed by atoms with Crippen LogP contribution in [0, 0.1) is 5.92 Å². The van der Waals surface area contributed by atoms with Gasteiger partial charge in [0.2, 0.25) is 11.9 Å². The molecule has 9 nitrogen and oxygen atoms in total. The number of fused-ring (bicyclic) bond motifs is 1. The molecule has 1 atom stereocenters. The van der Waals surface area contributed by atoms with Gasteiger partial charge in [0.1, 0.15) is 5.60 Å². The number of carbonyl (C=O) groups excluding carboxylic acids is 2. The molecular formula is C31H42N6O3. The first kappa shape index (κ1) is 28.1. The van der Waals surface area contributed by atoms with Crippen LogP contribution >= 0.6 is 0 Å². The van der Waals surface area contributed by atoms with Crippen molar-refractivity contribution in [2.45, 2.75) is 64.5 Å². The van der Waals surface area contributed by atoms with Crippen LogP contribution in [0.3, 0.4) is 0 Å². The van der Waals surface area contributed by atoms with Gasteiger partial charge >= 0.3 is 6.09 Å². The number of rotatable bonds is 6. The van der Waals surface area contributed by atoms with Crippen molar-refractivity contribution in [2.24, 2.45) is 5.92 Å². The summed E-state index contributed by atoms with van der Waals surface area (Å²) in [7, 11) is 3.62. The molecule has 2 aromatic rings. The maximum Gasteiger partial charge on any atom is 0.410 e. The van der Waals surface area contributed by atoms with Gasteiger partial charge in [0.25, 0.3) is 0 Å². The number of hydrogen-bond acceptors (Lipinski definition) is 7. The van der Waals surface area contributed by atoms with Gasteiger partial charge < -0.3 is 19.9 Å². The Labute approximate surface area is 237 Å². The van der Waals surface area contributed by atoms with Crippen LogP contribution in [-0.2, 0) is 16.1 Å². The molecule has 3 aliphatic rings. The van der Waals surface area contributed by atoms with Gasteiger partial charge in [0, 0.05) is 75.8 Å². The van der Waals surface area contributed by atoms with Crippen LogP contribution in [0.5, 0.6) is 0 Å². The van der Waals surface area contributed by atoms with Crippen LogP contribution in [0.25, 0.3) is 6.08 Å². The minimum atomic E-state index is -0.475. The summed E-state index contributed by atoms with van der Waals surface area (Å²) in [5.41, 5.74) is 4.42. The Morgan fingerprint density at radius 3 is 2.35 bits per heavy atom. The highest BCUT2D eigenvalue weighted by atomic mass is 16.6. The molecule has 1 aromatic carbocycles. The van der Waals surface area contributed by atoms with Crippen LogP contribution in [-0.4, -0.2) is 82.5 Å². The number of aromatic nitrogens is 2. The minimum Gasteiger partial charge on any atom is -0.444 e. The molecule has 1 saturated carbocycles. The quantitative estimate of drug-likeness (QED) is 0.543. The van der Waals surface area contributed by atoms with E-state index in [1.165, 1.54) is 18.4 Å². The number of benzene rings is 1. The van der Waals surface area contributed by atoms with E-state index in [-0.39, 0.29) is 17.9 Å². The minimum absolute atomic E-state index is 0.0362. The van der Waals surface area contributed by atoms with Crippen LogP contribution in [0.1, 0.15) is 69.2 Å². The third-order valence-corrected chi connectivity index (χ3v) is 7.95. The predicted octanol–water partition coefficient (Wildman–Crippen LogP) is 5.03. The average molecular weight is 547 g/mol. The summed E-state index contributed by atoms with van der Waals surface area (Å²) in [5.74, 6) is 1.10. The first-order valence-corrected chi connectivity index (χ1v) is 14.4. The fourth-order valence-electron chi connectivity index (χ4n) is 5.95. The lowest BCUT2D eigenvalue weighted by Crippen LogP contribution is -2.49. The van der Waals surface area contributed by atoms with Gasteiger partial charge in [-0.1, -0.05) is 25.0 Å². The number of nitrogens with zero attached hydrogens (tertiary/aromatic N) is 5. The molecule has 1 aromatic heterocycles. The van der Waals surface area contributed by atoms with Crippen molar-refractivity contribution in [2.75, 3.05) is 45.6 Å². The van der Waals surface area contributed by atoms with Crippen molar-refractivity contribution in [3.8, 4) is 0 Å². The molecule has 0 spiro atoms. The van der Waals surface area contributed by atoms with Gasteiger partial charge in [-0.2, -0.15) is 0 Å². The monoisotopic (exact) mass is 546 g/mol. The number of likely N-dealkylation sites (N-methyl/N-ethyl adjacent to an activating group) is 1. The van der Waals surface area contributed by atoms with Crippen molar-refractivity contribution < 1.29 is 14.3 Å². The second kappa shape index (κ2) is 11.6. The Morgan fingerprint density at radius 2 is 1.73 bits per heavy atom. The zero-order valence-electron chi connectivity index (χ0n) is 24.4. The van der Waals surface area contributed by atoms with Crippen LogP contribution < -0.4 is 5.32 Å². The molecule has 0 radical (unpaired) electrons. The largest absolute Gasteiger partial charge is 0.444 e. The summed E-state index contributed by atoms with van der Waals surface area (Å²) >= 11 is 0. The number of carbonyl (C=O) groups is 2. The number of hydrogen-bond donors (Lipinski definition) is 1. The molecule has 1 saturated heterocycles. The Hall–Kier alpha value is -3.46. The molecule has 2 fully saturated rings. The summed E-state index contributed by atoms with van der Waals surface area (Å²) in [6.07, 6.45) is 8.28. The second-order valence-corrected chi connectivity index (χ2v) is 12.4. The zero-order chi connectivity index (χ0) is 28.4. The van der Waals surface area contributed by atoms with Gasteiger partial charge in [0.05, 0.1) is 5.69 Å². The van der Waals surface area contributed by atoms with E-state index in [2.05, 4.69) is 39.5 Å². The Bertz CT molecular complexity index is 1250. The third kappa shape index (κ3) is 6.46. The molecule has 1 aliphatic heterocycles. The number of piperazine rings is 1. The first-order valence-electron chi connectivity index (χ1n) is 14.4. The molecule has 1 N–H and O–H groups in total. The van der Waals surface area contributed by atoms with E-state index < -0.39 is 5.60 Å². The molecule has 2 heterocycles. The van der Waals surface area contributed by atoms with Crippen molar-refractivity contribution in [1.82, 2.24) is 24.7 Å². The van der Waals surface area contributed by atoms with Crippen LogP contribution in [0.4, 0.5) is 16.4 Å². The fraction of sp³-hybridized carbons (Fsp3) is 0.548. The standard InChI is InChI=1S/C31H42N6O3/c1-31(2,3)40-30(39)37-16-14-36(15-17-37)20-21-10-12-24(13-11-21)33-29-32-19-23-18-25(28(38)35(4)5)26(27(23)34-29)22-8-6-7-9-22/h10-13,18-19,22,26H,6-9,14-17,20H2,1-5H3,(H,32,33,34)/t26-/m1/s1. The lowest BCUT2D eigenvalue weighted by Gasteiger charge is -2.35. The molecule has 0 bridgehead atoms. The summed E-state index contributed by atoms with van der Waals surface area (Å²) < 4.78 is 5.51. The molecule has 2 amide bonds. The van der Waals surface area contributed by atoms with Crippen LogP contribution in [0.15, 0.2) is 36.0 Å². The zero-order valence-corrected chi connectivity index (χ0v) is 24.4. The first-order chi connectivity index (χ1) is 19.1. The van der Waals surface area contributed by atoms with Crippen molar-refractivity contribution in [3.05, 3.63) is 52.9 Å². The van der Waals surface area contributed by atoms with Gasteiger partial charge in [-0.3, -0.25) is 9.69 Å². The Kier molecular flexibility index (Phi) is 8.12. The van der Waals surface area contributed by atoms with E-state index in [0.717, 1.165) is 55.0 Å². The molecule has 0 unspecified atom stereocenters. The Morgan fingerprint density at radius 1 is 1.05 bits per heavy atom. The van der Waals surface area contributed by atoms with E-state index in [1.807, 2.05) is 47.1 Å². The maximum atomic E-state index is 13.0. The number of nitrogens with one attached hydrogen (secondary N) is 1. The average Bonchev–Trinajstić information content (AvgIpc) is 3.56. The summed E-state index contributed by atoms with van der Waals surface area (Å²) in [4.78, 5) is 40.6. The molecule has 214 valence electrons. The fourth-order valence-corrected chi connectivity index (χ4v) is 5.95. The second-order valence-electron chi connectivity index (χ2n) is 12.4. The maximum absolute atomic E-state index is 13.0. The number of anilines is 2. The van der Waals surface area contributed by atoms with Crippen LogP contribution in [0.2, 0.25) is 0 Å². The normalized spacial score (nSPS) is 19.8. The highest BCUT2D eigenvalue weighted by Gasteiger charge is 2.39. The summed E-state index contributed by atoms with van der Waals surface area (Å²) in [5, 5.41) is 3.37. The smallest absolute Gasteiger partial charge is 0.410 e. The van der Waals surface area contributed by atoms with Crippen molar-refractivity contribution in [3.63, 3.8) is 0 Å². The summed E-state index contributed by atoms with van der Waals surface area (Å²) in [6.45, 7) is 9.48. The van der Waals surface area contributed by atoms with Gasteiger partial charge in [-0.05, 0) is 63.3 Å². The SMILES string of the molecule is CN(C)C(=O)C1=Cc2cnc(Nc3ccc(CN4CCN(C(=O)OC(C)(C)C)CC4)cc3)nc2[C@@H]1C1CCCC1. The number of ether oxygens (including phenoxy) is 1. The topological polar surface area (TPSA) is 90.9 Å². The van der Waals surface area contributed by atoms with Gasteiger partial charge in [-0.25, -0.2) is 14.8 Å². The number of amides is 2. The Balaban J connectivity index is 1.20. The van der Waals surface area contributed by atoms with E-state index in [4.69, 9.17) is 9.72 Å². The van der Waals surface area contributed by atoms with E-state index in [1.54, 1.807) is 9.80 Å². The molecule has 9 heteroatoms. The van der Waals surface area contributed by atoms with Crippen molar-refractivity contribution >= 4 is 29.7 Å².